The first-order valence-electron chi connectivity index (χ1n) is 10.0. The Labute approximate surface area is 173 Å². The second-order valence-electron chi connectivity index (χ2n) is 7.78. The lowest BCUT2D eigenvalue weighted by atomic mass is 10.1. The van der Waals surface area contributed by atoms with Crippen LogP contribution in [0.1, 0.15) is 22.5 Å². The number of fused-ring (bicyclic) bond motifs is 3. The van der Waals surface area contributed by atoms with Crippen molar-refractivity contribution < 1.29 is 9.53 Å². The molecule has 1 saturated heterocycles. The van der Waals surface area contributed by atoms with Crippen molar-refractivity contribution >= 4 is 33.5 Å². The Hall–Kier alpha value is -3.45. The number of benzene rings is 1. The number of pyridine rings is 2. The summed E-state index contributed by atoms with van der Waals surface area (Å²) in [6, 6.07) is 11.9. The van der Waals surface area contributed by atoms with E-state index in [0.717, 1.165) is 52.9 Å². The van der Waals surface area contributed by atoms with Gasteiger partial charge in [0.2, 0.25) is 0 Å². The number of primary amides is 1. The first kappa shape index (κ1) is 18.6. The number of nitrogens with one attached hydrogen (secondary N) is 1. The normalized spacial score (nSPS) is 16.6. The predicted molar refractivity (Wildman–Crippen MR) is 118 cm³/mol. The molecule has 1 aliphatic heterocycles. The zero-order chi connectivity index (χ0) is 20.8. The van der Waals surface area contributed by atoms with Gasteiger partial charge >= 0.3 is 0 Å². The molecule has 1 amide bonds. The summed E-state index contributed by atoms with van der Waals surface area (Å²) in [6.07, 6.45) is 3.04. The van der Waals surface area contributed by atoms with Gasteiger partial charge in [-0.05, 0) is 49.7 Å². The Morgan fingerprint density at radius 1 is 1.27 bits per heavy atom. The van der Waals surface area contributed by atoms with Gasteiger partial charge in [0.15, 0.2) is 0 Å². The lowest BCUT2D eigenvalue weighted by Crippen LogP contribution is -2.21. The molecule has 3 aromatic heterocycles. The number of aryl methyl sites for hydroxylation is 1. The van der Waals surface area contributed by atoms with Gasteiger partial charge in [0.25, 0.3) is 5.91 Å². The number of nitrogens with zero attached hydrogens (tertiary/aromatic N) is 3. The van der Waals surface area contributed by atoms with Gasteiger partial charge in [-0.3, -0.25) is 9.78 Å². The maximum atomic E-state index is 12.2. The monoisotopic (exact) mass is 401 g/mol. The number of amides is 1. The molecule has 3 N–H and O–H groups in total. The van der Waals surface area contributed by atoms with Crippen LogP contribution in [-0.2, 0) is 4.74 Å². The predicted octanol–water partition coefficient (Wildman–Crippen LogP) is 3.41. The van der Waals surface area contributed by atoms with E-state index in [1.165, 1.54) is 0 Å². The smallest absolute Gasteiger partial charge is 0.250 e. The van der Waals surface area contributed by atoms with Crippen LogP contribution in [0.3, 0.4) is 0 Å². The molecule has 30 heavy (non-hydrogen) atoms. The van der Waals surface area contributed by atoms with Crippen molar-refractivity contribution in [3.8, 4) is 11.3 Å². The highest BCUT2D eigenvalue weighted by atomic mass is 16.5. The average Bonchev–Trinajstić information content (AvgIpc) is 3.37. The average molecular weight is 401 g/mol. The zero-order valence-corrected chi connectivity index (χ0v) is 17.0. The van der Waals surface area contributed by atoms with E-state index >= 15 is 0 Å². The molecule has 1 atom stereocenters. The van der Waals surface area contributed by atoms with E-state index in [-0.39, 0.29) is 6.10 Å². The molecule has 5 rings (SSSR count). The Bertz CT molecular complexity index is 1260. The number of anilines is 1. The standard InChI is InChI=1S/C23H23N5O2/c1-13-3-4-14(11-25-13)19-10-18(23(24)29)22-21(26-19)17-6-5-15(9-20(17)27-22)28-8-7-16(12-28)30-2/h3-6,9-11,16,27H,7-8,12H2,1-2H3,(H2,24,29). The lowest BCUT2D eigenvalue weighted by molar-refractivity contribution is 0.100. The summed E-state index contributed by atoms with van der Waals surface area (Å²) >= 11 is 0. The minimum atomic E-state index is -0.488. The van der Waals surface area contributed by atoms with Gasteiger partial charge in [-0.25, -0.2) is 4.98 Å². The molecule has 7 heteroatoms. The summed E-state index contributed by atoms with van der Waals surface area (Å²) < 4.78 is 5.49. The number of aromatic amines is 1. The van der Waals surface area contributed by atoms with Gasteiger partial charge in [0.05, 0.1) is 33.9 Å². The molecule has 1 aliphatic rings. The quantitative estimate of drug-likeness (QED) is 0.546. The van der Waals surface area contributed by atoms with Crippen molar-refractivity contribution in [1.29, 1.82) is 0 Å². The maximum absolute atomic E-state index is 12.2. The fraction of sp³-hybridized carbons (Fsp3) is 0.261. The fourth-order valence-electron chi connectivity index (χ4n) is 4.16. The molecule has 1 aromatic carbocycles. The highest BCUT2D eigenvalue weighted by Crippen LogP contribution is 2.33. The molecule has 7 nitrogen and oxygen atoms in total. The summed E-state index contributed by atoms with van der Waals surface area (Å²) in [6.45, 7) is 3.76. The number of carbonyl (C=O) groups excluding carboxylic acids is 1. The fourth-order valence-corrected chi connectivity index (χ4v) is 4.16. The third-order valence-corrected chi connectivity index (χ3v) is 5.85. The van der Waals surface area contributed by atoms with Gasteiger partial charge in [0, 0.05) is 48.7 Å². The Morgan fingerprint density at radius 3 is 2.83 bits per heavy atom. The number of rotatable bonds is 4. The zero-order valence-electron chi connectivity index (χ0n) is 17.0. The first-order chi connectivity index (χ1) is 14.5. The highest BCUT2D eigenvalue weighted by Gasteiger charge is 2.23. The Kier molecular flexibility index (Phi) is 4.40. The van der Waals surface area contributed by atoms with Crippen molar-refractivity contribution in [3.05, 3.63) is 53.9 Å². The van der Waals surface area contributed by atoms with Gasteiger partial charge in [0.1, 0.15) is 0 Å². The number of H-pyrrole nitrogens is 1. The number of hydrogen-bond acceptors (Lipinski definition) is 5. The van der Waals surface area contributed by atoms with Crippen molar-refractivity contribution in [1.82, 2.24) is 15.0 Å². The number of hydrogen-bond donors (Lipinski definition) is 2. The molecule has 0 aliphatic carbocycles. The van der Waals surface area contributed by atoms with E-state index in [9.17, 15) is 4.79 Å². The van der Waals surface area contributed by atoms with E-state index in [2.05, 4.69) is 33.1 Å². The van der Waals surface area contributed by atoms with Crippen LogP contribution in [0.2, 0.25) is 0 Å². The second kappa shape index (κ2) is 7.11. The summed E-state index contributed by atoms with van der Waals surface area (Å²) in [5, 5.41) is 0.959. The van der Waals surface area contributed by atoms with E-state index < -0.39 is 5.91 Å². The van der Waals surface area contributed by atoms with Crippen LogP contribution >= 0.6 is 0 Å². The van der Waals surface area contributed by atoms with Crippen LogP contribution in [0, 0.1) is 6.92 Å². The summed E-state index contributed by atoms with van der Waals surface area (Å²) in [7, 11) is 1.76. The summed E-state index contributed by atoms with van der Waals surface area (Å²) in [5.41, 5.74) is 12.0. The van der Waals surface area contributed by atoms with E-state index in [4.69, 9.17) is 15.5 Å². The van der Waals surface area contributed by atoms with Gasteiger partial charge in [-0.2, -0.15) is 0 Å². The molecule has 0 saturated carbocycles. The number of aromatic nitrogens is 3. The van der Waals surface area contributed by atoms with Crippen LogP contribution in [0.25, 0.3) is 33.2 Å². The maximum Gasteiger partial charge on any atom is 0.250 e. The first-order valence-corrected chi connectivity index (χ1v) is 10.0. The number of methoxy groups -OCH3 is 1. The van der Waals surface area contributed by atoms with Crippen LogP contribution in [-0.4, -0.2) is 47.2 Å². The van der Waals surface area contributed by atoms with E-state index in [1.54, 1.807) is 19.4 Å². The Morgan fingerprint density at radius 2 is 2.13 bits per heavy atom. The van der Waals surface area contributed by atoms with E-state index in [0.29, 0.717) is 16.8 Å². The molecule has 0 spiro atoms. The topological polar surface area (TPSA) is 97.1 Å². The van der Waals surface area contributed by atoms with E-state index in [1.807, 2.05) is 19.1 Å². The number of nitrogens with two attached hydrogens (primary N) is 1. The molecular formula is C23H23N5O2. The third-order valence-electron chi connectivity index (χ3n) is 5.85. The molecule has 0 bridgehead atoms. The Balaban J connectivity index is 1.66. The molecule has 0 radical (unpaired) electrons. The molecule has 1 unspecified atom stereocenters. The molecule has 4 aromatic rings. The van der Waals surface area contributed by atoms with Crippen LogP contribution in [0.4, 0.5) is 5.69 Å². The van der Waals surface area contributed by atoms with Crippen LogP contribution < -0.4 is 10.6 Å². The van der Waals surface area contributed by atoms with Gasteiger partial charge < -0.3 is 20.4 Å². The van der Waals surface area contributed by atoms with Crippen LogP contribution in [0.15, 0.2) is 42.6 Å². The lowest BCUT2D eigenvalue weighted by Gasteiger charge is -2.18. The van der Waals surface area contributed by atoms with Crippen molar-refractivity contribution in [3.63, 3.8) is 0 Å². The van der Waals surface area contributed by atoms with Crippen molar-refractivity contribution in [2.24, 2.45) is 5.73 Å². The van der Waals surface area contributed by atoms with Gasteiger partial charge in [-0.1, -0.05) is 0 Å². The molecule has 4 heterocycles. The molecular weight excluding hydrogens is 378 g/mol. The minimum absolute atomic E-state index is 0.261. The molecule has 152 valence electrons. The summed E-state index contributed by atoms with van der Waals surface area (Å²) in [4.78, 5) is 27.1. The number of ether oxygens (including phenoxy) is 1. The van der Waals surface area contributed by atoms with Crippen LogP contribution in [0.5, 0.6) is 0 Å². The van der Waals surface area contributed by atoms with Crippen molar-refractivity contribution in [2.75, 3.05) is 25.1 Å². The minimum Gasteiger partial charge on any atom is -0.380 e. The third kappa shape index (κ3) is 3.07. The van der Waals surface area contributed by atoms with Gasteiger partial charge in [-0.15, -0.1) is 0 Å². The van der Waals surface area contributed by atoms with Crippen molar-refractivity contribution in [2.45, 2.75) is 19.4 Å². The summed E-state index contributed by atoms with van der Waals surface area (Å²) in [5.74, 6) is -0.488. The number of carbonyl (C=O) groups is 1. The largest absolute Gasteiger partial charge is 0.380 e. The highest BCUT2D eigenvalue weighted by molar-refractivity contribution is 6.14. The molecule has 1 fully saturated rings. The second-order valence-corrected chi connectivity index (χ2v) is 7.78. The SMILES string of the molecule is COC1CCN(c2ccc3c(c2)[nH]c2c(C(N)=O)cc(-c4ccc(C)nc4)nc23)C1.